The fourth-order valence-corrected chi connectivity index (χ4v) is 2.89. The normalized spacial score (nSPS) is 13.2. The van der Waals surface area contributed by atoms with E-state index in [-0.39, 0.29) is 28.9 Å². The zero-order chi connectivity index (χ0) is 13.8. The van der Waals surface area contributed by atoms with Gasteiger partial charge in [-0.05, 0) is 18.1 Å². The number of hydrogen-bond acceptors (Lipinski definition) is 4. The molecular formula is C10H13ClN2O4S. The maximum absolute atomic E-state index is 11.9. The van der Waals surface area contributed by atoms with Crippen LogP contribution >= 0.6 is 11.6 Å². The minimum atomic E-state index is -3.76. The minimum absolute atomic E-state index is 0.0276. The van der Waals surface area contributed by atoms with Crippen molar-refractivity contribution in [2.75, 3.05) is 6.54 Å². The predicted molar refractivity (Wildman–Crippen MR) is 65.9 cm³/mol. The van der Waals surface area contributed by atoms with E-state index in [9.17, 15) is 13.2 Å². The van der Waals surface area contributed by atoms with Gasteiger partial charge in [-0.3, -0.25) is 4.79 Å². The Kier molecular flexibility index (Phi) is 5.06. The predicted octanol–water partition coefficient (Wildman–Crippen LogP) is 1.12. The summed E-state index contributed by atoms with van der Waals surface area (Å²) in [6.07, 6.45) is 1.28. The van der Waals surface area contributed by atoms with Crippen LogP contribution in [-0.2, 0) is 14.8 Å². The average Bonchev–Trinajstić information content (AvgIpc) is 2.26. The number of carboxylic acids is 1. The first-order chi connectivity index (χ1) is 8.33. The summed E-state index contributed by atoms with van der Waals surface area (Å²) in [6.45, 7) is 1.67. The highest BCUT2D eigenvalue weighted by Crippen LogP contribution is 2.17. The molecule has 0 aliphatic carbocycles. The van der Waals surface area contributed by atoms with Crippen LogP contribution in [0.3, 0.4) is 0 Å². The maximum Gasteiger partial charge on any atom is 0.303 e. The molecular weight excluding hydrogens is 280 g/mol. The van der Waals surface area contributed by atoms with Crippen molar-refractivity contribution in [2.45, 2.75) is 18.2 Å². The fraction of sp³-hybridized carbons (Fsp3) is 0.400. The highest BCUT2D eigenvalue weighted by atomic mass is 35.5. The monoisotopic (exact) mass is 292 g/mol. The second-order valence-corrected chi connectivity index (χ2v) is 5.94. The SMILES string of the molecule is CC(CNS(=O)(=O)c1cccnc1Cl)CC(=O)O. The molecule has 1 rings (SSSR count). The van der Waals surface area contributed by atoms with E-state index in [1.807, 2.05) is 0 Å². The van der Waals surface area contributed by atoms with Gasteiger partial charge in [0.1, 0.15) is 10.0 Å². The van der Waals surface area contributed by atoms with Gasteiger partial charge in [0.05, 0.1) is 0 Å². The molecule has 0 aliphatic rings. The van der Waals surface area contributed by atoms with Gasteiger partial charge in [0, 0.05) is 19.2 Å². The number of aromatic nitrogens is 1. The third kappa shape index (κ3) is 4.25. The zero-order valence-electron chi connectivity index (χ0n) is 9.63. The van der Waals surface area contributed by atoms with E-state index in [4.69, 9.17) is 16.7 Å². The summed E-state index contributed by atoms with van der Waals surface area (Å²) in [5.41, 5.74) is 0. The topological polar surface area (TPSA) is 96.4 Å². The molecule has 100 valence electrons. The Morgan fingerprint density at radius 2 is 2.28 bits per heavy atom. The summed E-state index contributed by atoms with van der Waals surface area (Å²) in [6, 6.07) is 2.79. The minimum Gasteiger partial charge on any atom is -0.481 e. The number of nitrogens with zero attached hydrogens (tertiary/aromatic N) is 1. The quantitative estimate of drug-likeness (QED) is 0.766. The van der Waals surface area contributed by atoms with Crippen LogP contribution in [0, 0.1) is 5.92 Å². The molecule has 0 radical (unpaired) electrons. The van der Waals surface area contributed by atoms with Crippen molar-refractivity contribution in [3.05, 3.63) is 23.5 Å². The third-order valence-corrected chi connectivity index (χ3v) is 4.03. The number of pyridine rings is 1. The number of rotatable bonds is 6. The Bertz CT molecular complexity index is 532. The van der Waals surface area contributed by atoms with Crippen molar-refractivity contribution in [2.24, 2.45) is 5.92 Å². The zero-order valence-corrected chi connectivity index (χ0v) is 11.2. The molecule has 0 amide bonds. The molecule has 0 saturated heterocycles. The van der Waals surface area contributed by atoms with E-state index < -0.39 is 16.0 Å². The van der Waals surface area contributed by atoms with Crippen LogP contribution in [0.2, 0.25) is 5.15 Å². The molecule has 2 N–H and O–H groups in total. The van der Waals surface area contributed by atoms with Crippen molar-refractivity contribution in [3.63, 3.8) is 0 Å². The highest BCUT2D eigenvalue weighted by Gasteiger charge is 2.19. The second kappa shape index (κ2) is 6.12. The van der Waals surface area contributed by atoms with Crippen LogP contribution < -0.4 is 4.72 Å². The number of hydrogen-bond donors (Lipinski definition) is 2. The Morgan fingerprint density at radius 1 is 1.61 bits per heavy atom. The van der Waals surface area contributed by atoms with Crippen LogP contribution in [0.25, 0.3) is 0 Å². The maximum atomic E-state index is 11.9. The lowest BCUT2D eigenvalue weighted by Gasteiger charge is -2.11. The molecule has 1 unspecified atom stereocenters. The highest BCUT2D eigenvalue weighted by molar-refractivity contribution is 7.89. The Morgan fingerprint density at radius 3 is 2.83 bits per heavy atom. The van der Waals surface area contributed by atoms with Crippen LogP contribution in [0.5, 0.6) is 0 Å². The lowest BCUT2D eigenvalue weighted by atomic mass is 10.1. The molecule has 1 atom stereocenters. The first-order valence-corrected chi connectivity index (χ1v) is 7.01. The molecule has 8 heteroatoms. The third-order valence-electron chi connectivity index (χ3n) is 2.16. The summed E-state index contributed by atoms with van der Waals surface area (Å²) in [7, 11) is -3.76. The molecule has 0 aliphatic heterocycles. The van der Waals surface area contributed by atoms with E-state index in [1.54, 1.807) is 6.92 Å². The van der Waals surface area contributed by atoms with E-state index in [0.717, 1.165) is 0 Å². The number of halogens is 1. The number of carboxylic acid groups (broad SMARTS) is 1. The van der Waals surface area contributed by atoms with Crippen molar-refractivity contribution >= 4 is 27.6 Å². The summed E-state index contributed by atoms with van der Waals surface area (Å²) in [5.74, 6) is -1.28. The van der Waals surface area contributed by atoms with Crippen LogP contribution in [0.1, 0.15) is 13.3 Å². The number of sulfonamides is 1. The Balaban J connectivity index is 2.72. The molecule has 1 heterocycles. The van der Waals surface area contributed by atoms with Gasteiger partial charge in [-0.15, -0.1) is 0 Å². The fourth-order valence-electron chi connectivity index (χ4n) is 1.27. The van der Waals surface area contributed by atoms with Crippen LogP contribution in [0.15, 0.2) is 23.2 Å². The van der Waals surface area contributed by atoms with Gasteiger partial charge in [0.2, 0.25) is 10.0 Å². The van der Waals surface area contributed by atoms with E-state index in [0.29, 0.717) is 0 Å². The molecule has 0 fully saturated rings. The van der Waals surface area contributed by atoms with Gasteiger partial charge in [-0.2, -0.15) is 0 Å². The Hall–Kier alpha value is -1.18. The first kappa shape index (κ1) is 14.9. The lowest BCUT2D eigenvalue weighted by molar-refractivity contribution is -0.137. The molecule has 1 aromatic rings. The summed E-state index contributed by atoms with van der Waals surface area (Å²) in [5, 5.41) is 8.45. The van der Waals surface area contributed by atoms with E-state index >= 15 is 0 Å². The average molecular weight is 293 g/mol. The first-order valence-electron chi connectivity index (χ1n) is 5.15. The smallest absolute Gasteiger partial charge is 0.303 e. The molecule has 0 spiro atoms. The van der Waals surface area contributed by atoms with Gasteiger partial charge >= 0.3 is 5.97 Å². The Labute approximate surface area is 110 Å². The number of aliphatic carboxylic acids is 1. The van der Waals surface area contributed by atoms with Crippen molar-refractivity contribution in [1.29, 1.82) is 0 Å². The van der Waals surface area contributed by atoms with Gasteiger partial charge < -0.3 is 5.11 Å². The van der Waals surface area contributed by atoms with Gasteiger partial charge in [0.15, 0.2) is 0 Å². The molecule has 1 aromatic heterocycles. The molecule has 0 saturated carbocycles. The van der Waals surface area contributed by atoms with Gasteiger partial charge in [0.25, 0.3) is 0 Å². The van der Waals surface area contributed by atoms with Crippen molar-refractivity contribution in [3.8, 4) is 0 Å². The van der Waals surface area contributed by atoms with Crippen LogP contribution in [0.4, 0.5) is 0 Å². The van der Waals surface area contributed by atoms with Gasteiger partial charge in [-0.1, -0.05) is 18.5 Å². The second-order valence-electron chi connectivity index (χ2n) is 3.85. The lowest BCUT2D eigenvalue weighted by Crippen LogP contribution is -2.29. The molecule has 0 aromatic carbocycles. The summed E-state index contributed by atoms with van der Waals surface area (Å²) in [4.78, 5) is 14.0. The summed E-state index contributed by atoms with van der Waals surface area (Å²) < 4.78 is 26.0. The van der Waals surface area contributed by atoms with Crippen molar-refractivity contribution < 1.29 is 18.3 Å². The summed E-state index contributed by atoms with van der Waals surface area (Å²) >= 11 is 5.68. The number of nitrogens with one attached hydrogen (secondary N) is 1. The molecule has 0 bridgehead atoms. The van der Waals surface area contributed by atoms with Crippen LogP contribution in [-0.4, -0.2) is 31.0 Å². The standard InChI is InChI=1S/C10H13ClN2O4S/c1-7(5-9(14)15)6-13-18(16,17)8-3-2-4-12-10(8)11/h2-4,7,13H,5-6H2,1H3,(H,14,15). The number of carbonyl (C=O) groups is 1. The molecule has 18 heavy (non-hydrogen) atoms. The van der Waals surface area contributed by atoms with E-state index in [2.05, 4.69) is 9.71 Å². The largest absolute Gasteiger partial charge is 0.481 e. The van der Waals surface area contributed by atoms with E-state index in [1.165, 1.54) is 18.3 Å². The van der Waals surface area contributed by atoms with Crippen molar-refractivity contribution in [1.82, 2.24) is 9.71 Å². The van der Waals surface area contributed by atoms with Gasteiger partial charge in [-0.25, -0.2) is 18.1 Å². The molecule has 6 nitrogen and oxygen atoms in total.